The van der Waals surface area contributed by atoms with Crippen molar-refractivity contribution < 1.29 is 19.2 Å². The van der Waals surface area contributed by atoms with Crippen molar-refractivity contribution in [1.82, 2.24) is 0 Å². The van der Waals surface area contributed by atoms with Gasteiger partial charge in [-0.1, -0.05) is 18.0 Å². The molecule has 1 amide bonds. The van der Waals surface area contributed by atoms with Gasteiger partial charge < -0.3 is 10.1 Å². The van der Waals surface area contributed by atoms with E-state index in [0.717, 1.165) is 18.4 Å². The van der Waals surface area contributed by atoms with Gasteiger partial charge in [-0.05, 0) is 49.1 Å². The standard InChI is InChI=1S/C17H19ClN2O5/c18-13-3-4-14(15(8-13)20(23)24)19-16(21)9-25-17(22)7-12-6-10-1-2-11(12)5-10/h3-4,8,10-12H,1-2,5-7,9H2,(H,19,21)/t10-,11-,12-/m1/s1. The lowest BCUT2D eigenvalue weighted by Crippen LogP contribution is -2.23. The second kappa shape index (κ2) is 7.39. The topological polar surface area (TPSA) is 98.5 Å². The van der Waals surface area contributed by atoms with Crippen molar-refractivity contribution in [2.45, 2.75) is 32.1 Å². The Morgan fingerprint density at radius 2 is 2.12 bits per heavy atom. The zero-order valence-electron chi connectivity index (χ0n) is 13.6. The zero-order valence-corrected chi connectivity index (χ0v) is 14.3. The van der Waals surface area contributed by atoms with Crippen LogP contribution in [0.15, 0.2) is 18.2 Å². The molecule has 3 atom stereocenters. The van der Waals surface area contributed by atoms with E-state index in [9.17, 15) is 19.7 Å². The molecule has 0 radical (unpaired) electrons. The van der Waals surface area contributed by atoms with Crippen LogP contribution in [0.1, 0.15) is 32.1 Å². The molecule has 0 aliphatic heterocycles. The van der Waals surface area contributed by atoms with Crippen LogP contribution in [-0.4, -0.2) is 23.4 Å². The molecule has 2 aliphatic carbocycles. The van der Waals surface area contributed by atoms with Crippen molar-refractivity contribution in [2.75, 3.05) is 11.9 Å². The summed E-state index contributed by atoms with van der Waals surface area (Å²) in [7, 11) is 0. The van der Waals surface area contributed by atoms with Crippen LogP contribution in [-0.2, 0) is 14.3 Å². The Kier molecular flexibility index (Phi) is 5.22. The molecule has 2 fully saturated rings. The van der Waals surface area contributed by atoms with Crippen LogP contribution in [0.4, 0.5) is 11.4 Å². The lowest BCUT2D eigenvalue weighted by atomic mass is 9.86. The average molecular weight is 367 g/mol. The summed E-state index contributed by atoms with van der Waals surface area (Å²) in [6, 6.07) is 3.93. The van der Waals surface area contributed by atoms with Gasteiger partial charge in [-0.2, -0.15) is 0 Å². The van der Waals surface area contributed by atoms with E-state index in [1.54, 1.807) is 0 Å². The molecule has 0 aromatic heterocycles. The third-order valence-corrected chi connectivity index (χ3v) is 5.34. The van der Waals surface area contributed by atoms with E-state index in [1.807, 2.05) is 0 Å². The molecule has 2 aliphatic rings. The predicted octanol–water partition coefficient (Wildman–Crippen LogP) is 3.56. The number of nitro groups is 1. The minimum Gasteiger partial charge on any atom is -0.456 e. The number of nitrogens with zero attached hydrogens (tertiary/aromatic N) is 1. The third-order valence-electron chi connectivity index (χ3n) is 5.11. The fourth-order valence-corrected chi connectivity index (χ4v) is 4.16. The van der Waals surface area contributed by atoms with Gasteiger partial charge in [0.2, 0.25) is 0 Å². The number of hydrogen-bond acceptors (Lipinski definition) is 5. The van der Waals surface area contributed by atoms with Gasteiger partial charge in [0.05, 0.1) is 4.92 Å². The van der Waals surface area contributed by atoms with Crippen molar-refractivity contribution in [1.29, 1.82) is 0 Å². The number of carbonyl (C=O) groups excluding carboxylic acids is 2. The SMILES string of the molecule is O=C(COC(=O)C[C@H]1C[C@@H]2CC[C@@H]1C2)Nc1ccc(Cl)cc1[N+](=O)[O-]. The van der Waals surface area contributed by atoms with E-state index in [-0.39, 0.29) is 16.4 Å². The Balaban J connectivity index is 1.48. The summed E-state index contributed by atoms with van der Waals surface area (Å²) in [5.41, 5.74) is -0.294. The maximum atomic E-state index is 11.9. The average Bonchev–Trinajstić information content (AvgIpc) is 3.17. The summed E-state index contributed by atoms with van der Waals surface area (Å²) in [6.45, 7) is -0.459. The molecule has 1 aromatic rings. The van der Waals surface area contributed by atoms with Gasteiger partial charge >= 0.3 is 5.97 Å². The minimum absolute atomic E-state index is 0.0172. The number of carbonyl (C=O) groups is 2. The molecule has 3 rings (SSSR count). The van der Waals surface area contributed by atoms with E-state index >= 15 is 0 Å². The molecule has 2 saturated carbocycles. The molecule has 7 nitrogen and oxygen atoms in total. The number of nitro benzene ring substituents is 1. The quantitative estimate of drug-likeness (QED) is 0.471. The van der Waals surface area contributed by atoms with Gasteiger partial charge in [-0.15, -0.1) is 0 Å². The number of esters is 1. The molecule has 0 spiro atoms. The number of hydrogen-bond donors (Lipinski definition) is 1. The summed E-state index contributed by atoms with van der Waals surface area (Å²) in [4.78, 5) is 34.2. The van der Waals surface area contributed by atoms with Gasteiger partial charge in [0.15, 0.2) is 6.61 Å². The van der Waals surface area contributed by atoms with Crippen LogP contribution in [0.2, 0.25) is 5.02 Å². The normalized spacial score (nSPS) is 24.1. The van der Waals surface area contributed by atoms with E-state index in [1.165, 1.54) is 31.4 Å². The van der Waals surface area contributed by atoms with E-state index < -0.39 is 23.4 Å². The molecular formula is C17H19ClN2O5. The summed E-state index contributed by atoms with van der Waals surface area (Å²) >= 11 is 5.72. The highest BCUT2D eigenvalue weighted by atomic mass is 35.5. The molecule has 2 bridgehead atoms. The second-order valence-corrected chi connectivity index (χ2v) is 7.20. The van der Waals surface area contributed by atoms with Crippen LogP contribution < -0.4 is 5.32 Å². The van der Waals surface area contributed by atoms with Crippen LogP contribution in [0, 0.1) is 27.9 Å². The highest BCUT2D eigenvalue weighted by Gasteiger charge is 2.40. The fraction of sp³-hybridized carbons (Fsp3) is 0.529. The highest BCUT2D eigenvalue weighted by molar-refractivity contribution is 6.31. The summed E-state index contributed by atoms with van der Waals surface area (Å²) in [6.07, 6.45) is 5.07. The van der Waals surface area contributed by atoms with Crippen LogP contribution in [0.3, 0.4) is 0 Å². The Bertz CT molecular complexity index is 708. The minimum atomic E-state index is -0.636. The molecule has 1 N–H and O–H groups in total. The zero-order chi connectivity index (χ0) is 18.0. The fourth-order valence-electron chi connectivity index (χ4n) is 3.99. The first-order valence-corrected chi connectivity index (χ1v) is 8.69. The molecule has 0 saturated heterocycles. The Morgan fingerprint density at radius 1 is 1.32 bits per heavy atom. The summed E-state index contributed by atoms with van der Waals surface area (Å²) in [5, 5.41) is 13.6. The van der Waals surface area contributed by atoms with Gasteiger partial charge in [0, 0.05) is 17.5 Å². The molecule has 1 aromatic carbocycles. The summed E-state index contributed by atoms with van der Waals surface area (Å²) in [5.74, 6) is 0.719. The number of ether oxygens (including phenoxy) is 1. The van der Waals surface area contributed by atoms with Gasteiger partial charge in [0.25, 0.3) is 11.6 Å². The largest absolute Gasteiger partial charge is 0.456 e. The van der Waals surface area contributed by atoms with Gasteiger partial charge in [-0.3, -0.25) is 19.7 Å². The van der Waals surface area contributed by atoms with Crippen molar-refractivity contribution in [3.05, 3.63) is 33.3 Å². The van der Waals surface area contributed by atoms with Gasteiger partial charge in [0.1, 0.15) is 5.69 Å². The first-order valence-electron chi connectivity index (χ1n) is 8.31. The van der Waals surface area contributed by atoms with E-state index in [0.29, 0.717) is 18.3 Å². The Labute approximate surface area is 149 Å². The van der Waals surface area contributed by atoms with E-state index in [4.69, 9.17) is 16.3 Å². The smallest absolute Gasteiger partial charge is 0.306 e. The lowest BCUT2D eigenvalue weighted by Gasteiger charge is -2.20. The van der Waals surface area contributed by atoms with Crippen LogP contribution in [0.25, 0.3) is 0 Å². The van der Waals surface area contributed by atoms with Crippen LogP contribution >= 0.6 is 11.6 Å². The Morgan fingerprint density at radius 3 is 2.76 bits per heavy atom. The van der Waals surface area contributed by atoms with Crippen molar-refractivity contribution in [2.24, 2.45) is 17.8 Å². The number of amides is 1. The number of halogens is 1. The molecule has 0 unspecified atom stereocenters. The second-order valence-electron chi connectivity index (χ2n) is 6.77. The van der Waals surface area contributed by atoms with Crippen molar-refractivity contribution >= 4 is 34.9 Å². The first kappa shape index (κ1) is 17.7. The molecule has 0 heterocycles. The summed E-state index contributed by atoms with van der Waals surface area (Å²) < 4.78 is 5.02. The number of nitrogens with one attached hydrogen (secondary N) is 1. The monoisotopic (exact) mass is 366 g/mol. The number of anilines is 1. The maximum absolute atomic E-state index is 11.9. The lowest BCUT2D eigenvalue weighted by molar-refractivity contribution is -0.383. The molecular weight excluding hydrogens is 348 g/mol. The first-order chi connectivity index (χ1) is 11.9. The molecule has 8 heteroatoms. The molecule has 25 heavy (non-hydrogen) atoms. The highest BCUT2D eigenvalue weighted by Crippen LogP contribution is 2.49. The number of fused-ring (bicyclic) bond motifs is 2. The third kappa shape index (κ3) is 4.28. The molecule has 134 valence electrons. The van der Waals surface area contributed by atoms with Crippen molar-refractivity contribution in [3.8, 4) is 0 Å². The number of rotatable bonds is 6. The van der Waals surface area contributed by atoms with E-state index in [2.05, 4.69) is 5.32 Å². The van der Waals surface area contributed by atoms with Crippen LogP contribution in [0.5, 0.6) is 0 Å². The van der Waals surface area contributed by atoms with Crippen molar-refractivity contribution in [3.63, 3.8) is 0 Å². The maximum Gasteiger partial charge on any atom is 0.306 e. The predicted molar refractivity (Wildman–Crippen MR) is 91.3 cm³/mol. The van der Waals surface area contributed by atoms with Gasteiger partial charge in [-0.25, -0.2) is 0 Å². The number of benzene rings is 1. The Hall–Kier alpha value is -2.15.